The molecule has 0 saturated carbocycles. The van der Waals surface area contributed by atoms with E-state index in [9.17, 15) is 23.9 Å². The van der Waals surface area contributed by atoms with Crippen molar-refractivity contribution in [1.82, 2.24) is 19.6 Å². The fraction of sp³-hybridized carbons (Fsp3) is 0.474. The lowest BCUT2D eigenvalue weighted by atomic mass is 10.0. The van der Waals surface area contributed by atoms with Crippen LogP contribution in [0.4, 0.5) is 9.52 Å². The average Bonchev–Trinajstić information content (AvgIpc) is 3.39. The highest BCUT2D eigenvalue weighted by atomic mass is 32.2. The third-order valence-electron chi connectivity index (χ3n) is 5.45. The molecule has 0 aliphatic carbocycles. The van der Waals surface area contributed by atoms with Crippen molar-refractivity contribution < 1.29 is 38.2 Å². The summed E-state index contributed by atoms with van der Waals surface area (Å²) in [6, 6.07) is -1.03. The summed E-state index contributed by atoms with van der Waals surface area (Å²) in [6.45, 7) is -0.468. The Hall–Kier alpha value is -3.08. The number of aliphatic carboxylic acids is 1. The van der Waals surface area contributed by atoms with Crippen LogP contribution in [-0.4, -0.2) is 98.3 Å². The van der Waals surface area contributed by atoms with Gasteiger partial charge in [0.1, 0.15) is 29.8 Å². The van der Waals surface area contributed by atoms with E-state index >= 15 is 0 Å². The molecule has 13 nitrogen and oxygen atoms in total. The lowest BCUT2D eigenvalue weighted by molar-refractivity contribution is -1.06. The Bertz CT molecular complexity index is 1140. The van der Waals surface area contributed by atoms with E-state index in [1.807, 2.05) is 14.1 Å². The molecule has 3 atom stereocenters. The summed E-state index contributed by atoms with van der Waals surface area (Å²) in [4.78, 5) is 52.8. The number of rotatable bonds is 8. The van der Waals surface area contributed by atoms with Crippen molar-refractivity contribution in [2.45, 2.75) is 23.9 Å². The van der Waals surface area contributed by atoms with Crippen LogP contribution in [0.3, 0.4) is 0 Å². The van der Waals surface area contributed by atoms with Crippen LogP contribution in [0.15, 0.2) is 28.6 Å². The number of β-lactam (4-membered cyclic amide) rings is 1. The number of hydrogen-bond acceptors (Lipinski definition) is 11. The number of nitrogens with two attached hydrogens (primary N) is 1. The molecule has 0 aromatic carbocycles. The van der Waals surface area contributed by atoms with Gasteiger partial charge >= 0.3 is 5.97 Å². The predicted octanol–water partition coefficient (Wildman–Crippen LogP) is -0.157. The zero-order chi connectivity index (χ0) is 25.3. The monoisotopic (exact) mass is 528 g/mol. The van der Waals surface area contributed by atoms with E-state index in [2.05, 4.69) is 24.7 Å². The number of aromatic nitrogens is 2. The van der Waals surface area contributed by atoms with Crippen LogP contribution in [0, 0.1) is 0 Å². The van der Waals surface area contributed by atoms with Crippen molar-refractivity contribution in [2.75, 3.05) is 39.0 Å². The average molecular weight is 529 g/mol. The van der Waals surface area contributed by atoms with Gasteiger partial charge in [-0.15, -0.1) is 11.8 Å². The quantitative estimate of drug-likeness (QED) is 0.178. The minimum atomic E-state index is -1.30. The molecule has 16 heteroatoms. The second-order valence-electron chi connectivity index (χ2n) is 8.26. The van der Waals surface area contributed by atoms with Gasteiger partial charge in [-0.05, 0) is 11.6 Å². The predicted molar refractivity (Wildman–Crippen MR) is 123 cm³/mol. The van der Waals surface area contributed by atoms with Crippen molar-refractivity contribution in [3.8, 4) is 0 Å². The number of carbonyl (C=O) groups is 3. The number of carboxylic acids is 1. The van der Waals surface area contributed by atoms with Gasteiger partial charge in [-0.1, -0.05) is 11.2 Å². The van der Waals surface area contributed by atoms with Crippen LogP contribution in [0.25, 0.3) is 0 Å². The maximum absolute atomic E-state index is 12.9. The van der Waals surface area contributed by atoms with Crippen LogP contribution in [0.1, 0.15) is 12.2 Å². The van der Waals surface area contributed by atoms with Crippen LogP contribution in [0.5, 0.6) is 0 Å². The van der Waals surface area contributed by atoms with Crippen LogP contribution in [0.2, 0.25) is 0 Å². The molecule has 0 spiro atoms. The van der Waals surface area contributed by atoms with Crippen molar-refractivity contribution in [1.29, 1.82) is 0 Å². The molecule has 1 aromatic rings. The van der Waals surface area contributed by atoms with Crippen molar-refractivity contribution in [3.63, 3.8) is 0 Å². The lowest BCUT2D eigenvalue weighted by Gasteiger charge is -2.49. The highest BCUT2D eigenvalue weighted by Gasteiger charge is 2.54. The van der Waals surface area contributed by atoms with Gasteiger partial charge in [0.15, 0.2) is 5.13 Å². The number of alkyl halides is 1. The number of fused-ring (bicyclic) bond motifs is 1. The number of nitrogens with one attached hydrogen (secondary N) is 1. The number of allylic oxidation sites excluding steroid dienone is 1. The Labute approximate surface area is 207 Å². The smallest absolute Gasteiger partial charge is 0.352 e. The molecule has 3 aliphatic heterocycles. The highest BCUT2D eigenvalue weighted by Crippen LogP contribution is 2.40. The van der Waals surface area contributed by atoms with Gasteiger partial charge in [0.05, 0.1) is 14.1 Å². The Kier molecular flexibility index (Phi) is 7.07. The molecule has 4 N–H and O–H groups in total. The Morgan fingerprint density at radius 3 is 2.86 bits per heavy atom. The minimum Gasteiger partial charge on any atom is -0.477 e. The molecule has 1 aromatic heterocycles. The van der Waals surface area contributed by atoms with E-state index in [1.54, 1.807) is 12.2 Å². The Balaban J connectivity index is 1.49. The summed E-state index contributed by atoms with van der Waals surface area (Å²) in [7, 11) is 3.87. The molecule has 4 rings (SSSR count). The first-order chi connectivity index (χ1) is 16.6. The van der Waals surface area contributed by atoms with Gasteiger partial charge in [-0.3, -0.25) is 14.5 Å². The van der Waals surface area contributed by atoms with E-state index in [1.165, 1.54) is 11.8 Å². The number of thioether (sulfide) groups is 1. The van der Waals surface area contributed by atoms with Gasteiger partial charge in [-0.25, -0.2) is 9.18 Å². The molecule has 0 bridgehead atoms. The molecule has 188 valence electrons. The lowest BCUT2D eigenvalue weighted by Crippen LogP contribution is -2.71. The molecular weight excluding hydrogens is 505 g/mol. The molecule has 3 aliphatic rings. The topological polar surface area (TPSA) is 169 Å². The number of amides is 2. The number of nitrogens with zero attached hydrogens (tertiary/aromatic N) is 5. The Morgan fingerprint density at radius 2 is 2.26 bits per heavy atom. The van der Waals surface area contributed by atoms with Gasteiger partial charge in [0.2, 0.25) is 11.5 Å². The van der Waals surface area contributed by atoms with Gasteiger partial charge in [0, 0.05) is 23.7 Å². The van der Waals surface area contributed by atoms with Crippen molar-refractivity contribution in [3.05, 3.63) is 29.2 Å². The first kappa shape index (κ1) is 25.0. The first-order valence-corrected chi connectivity index (χ1v) is 12.2. The third-order valence-corrected chi connectivity index (χ3v) is 7.29. The summed E-state index contributed by atoms with van der Waals surface area (Å²) in [5.74, 6) is -2.63. The molecule has 1 unspecified atom stereocenters. The molecule has 2 amide bonds. The fourth-order valence-electron chi connectivity index (χ4n) is 3.85. The third kappa shape index (κ3) is 5.14. The van der Waals surface area contributed by atoms with Crippen molar-refractivity contribution >= 4 is 51.9 Å². The largest absolute Gasteiger partial charge is 0.477 e. The number of hydrogen-bond donors (Lipinski definition) is 3. The fourth-order valence-corrected chi connectivity index (χ4v) is 5.60. The van der Waals surface area contributed by atoms with Gasteiger partial charge in [-0.2, -0.15) is 18.8 Å². The van der Waals surface area contributed by atoms with Crippen molar-refractivity contribution in [2.24, 2.45) is 5.16 Å². The molecule has 0 radical (unpaired) electrons. The summed E-state index contributed by atoms with van der Waals surface area (Å²) < 4.78 is 16.7. The van der Waals surface area contributed by atoms with E-state index in [-0.39, 0.29) is 22.8 Å². The maximum Gasteiger partial charge on any atom is 0.352 e. The number of nitrogen functional groups attached to an aromatic ring is 1. The summed E-state index contributed by atoms with van der Waals surface area (Å²) in [5.41, 5.74) is 5.40. The maximum atomic E-state index is 12.9. The molecule has 35 heavy (non-hydrogen) atoms. The van der Waals surface area contributed by atoms with Crippen LogP contribution >= 0.6 is 23.3 Å². The summed E-state index contributed by atoms with van der Waals surface area (Å²) >= 11 is 2.10. The SMILES string of the molecule is C[N+]1(C)CCC(/C=C/C2=C(C(=O)O)N3C(=O)[C@@H](NC(=O)/C(=N/OCF)c4nsc(N)n4)[C@H]3SC2)O1. The zero-order valence-corrected chi connectivity index (χ0v) is 20.3. The normalized spacial score (nSPS) is 26.0. The second kappa shape index (κ2) is 9.88. The summed E-state index contributed by atoms with van der Waals surface area (Å²) in [6.07, 6.45) is 4.11. The van der Waals surface area contributed by atoms with Gasteiger partial charge < -0.3 is 21.0 Å². The van der Waals surface area contributed by atoms with Crippen LogP contribution < -0.4 is 11.1 Å². The van der Waals surface area contributed by atoms with E-state index in [4.69, 9.17) is 10.6 Å². The van der Waals surface area contributed by atoms with E-state index < -0.39 is 41.8 Å². The number of halogens is 1. The number of hydroxylamine groups is 3. The van der Waals surface area contributed by atoms with Crippen LogP contribution in [-0.2, 0) is 24.1 Å². The highest BCUT2D eigenvalue weighted by molar-refractivity contribution is 8.00. The number of carboxylic acid groups (broad SMARTS) is 1. The molecule has 4 heterocycles. The first-order valence-electron chi connectivity index (χ1n) is 10.4. The molecule has 2 saturated heterocycles. The van der Waals surface area contributed by atoms with Gasteiger partial charge in [0.25, 0.3) is 18.7 Å². The van der Waals surface area contributed by atoms with E-state index in [0.717, 1.165) is 29.4 Å². The molecule has 2 fully saturated rings. The number of carbonyl (C=O) groups excluding carboxylic acids is 2. The Morgan fingerprint density at radius 1 is 1.49 bits per heavy atom. The molecular formula is C19H23FN7O6S2+. The summed E-state index contributed by atoms with van der Waals surface area (Å²) in [5, 5.41) is 15.1. The minimum absolute atomic E-state index is 0.0526. The van der Waals surface area contributed by atoms with E-state index in [0.29, 0.717) is 16.0 Å². The number of quaternary nitrogens is 1. The zero-order valence-electron chi connectivity index (χ0n) is 18.7. The standard InChI is InChI=1S/C19H22FN7O6S2/c1-27(2)6-5-10(33-27)4-3-9-7-34-17-12(16(29)26(17)13(9)18(30)31)22-15(28)11(24-32-8-20)14-23-19(21)35-25-14/h3-4,10,12,17H,5-8H2,1-2H3,(H3-,21,22,23,25,28,30,31)/p+1/b4-3+,24-11+/t10?,12-,17-/m1/s1. The second-order valence-corrected chi connectivity index (χ2v) is 10.2. The number of oxime groups is 1. The number of anilines is 1.